The molecule has 0 fully saturated rings. The van der Waals surface area contributed by atoms with Crippen LogP contribution in [-0.2, 0) is 13.5 Å². The Kier molecular flexibility index (Phi) is 4.92. The van der Waals surface area contributed by atoms with E-state index in [2.05, 4.69) is 32.5 Å². The number of hydrogen-bond donors (Lipinski definition) is 2. The summed E-state index contributed by atoms with van der Waals surface area (Å²) in [5.74, 6) is 0.568. The van der Waals surface area contributed by atoms with E-state index < -0.39 is 0 Å². The Balaban J connectivity index is 1.55. The maximum absolute atomic E-state index is 12.3. The minimum atomic E-state index is -0.0824. The Hall–Kier alpha value is -2.96. The number of carbonyl (C=O) groups is 1. The molecule has 1 amide bonds. The zero-order valence-corrected chi connectivity index (χ0v) is 14.7. The first kappa shape index (κ1) is 16.9. The van der Waals surface area contributed by atoms with Gasteiger partial charge < -0.3 is 5.32 Å². The summed E-state index contributed by atoms with van der Waals surface area (Å²) in [6, 6.07) is 7.34. The Morgan fingerprint density at radius 3 is 2.84 bits per heavy atom. The standard InChI is InChI=1S/C18H22N6O/c1-12-16(13(2)24(3)23-12)8-5-9-19-18(25)15-7-4-6-14(10-15)17-20-11-21-22-17/h4,6-7,10-11H,5,8-9H2,1-3H3,(H,19,25)(H,20,21,22). The molecule has 2 aromatic heterocycles. The lowest BCUT2D eigenvalue weighted by molar-refractivity contribution is 0.0953. The van der Waals surface area contributed by atoms with Crippen molar-refractivity contribution >= 4 is 5.91 Å². The van der Waals surface area contributed by atoms with Crippen LogP contribution in [0.5, 0.6) is 0 Å². The number of rotatable bonds is 6. The first-order valence-corrected chi connectivity index (χ1v) is 8.29. The predicted octanol–water partition coefficient (Wildman–Crippen LogP) is 2.18. The summed E-state index contributed by atoms with van der Waals surface area (Å²) in [5.41, 5.74) is 4.97. The number of benzene rings is 1. The molecular weight excluding hydrogens is 316 g/mol. The summed E-state index contributed by atoms with van der Waals surface area (Å²) in [6.07, 6.45) is 3.23. The van der Waals surface area contributed by atoms with E-state index in [4.69, 9.17) is 0 Å². The highest BCUT2D eigenvalue weighted by Gasteiger charge is 2.10. The zero-order chi connectivity index (χ0) is 17.8. The second-order valence-electron chi connectivity index (χ2n) is 6.05. The van der Waals surface area contributed by atoms with Gasteiger partial charge in [-0.3, -0.25) is 14.6 Å². The number of hydrogen-bond acceptors (Lipinski definition) is 4. The average molecular weight is 338 g/mol. The van der Waals surface area contributed by atoms with Gasteiger partial charge in [0, 0.05) is 30.4 Å². The van der Waals surface area contributed by atoms with Crippen molar-refractivity contribution in [3.63, 3.8) is 0 Å². The largest absolute Gasteiger partial charge is 0.352 e. The van der Waals surface area contributed by atoms with Crippen molar-refractivity contribution in [1.82, 2.24) is 30.3 Å². The van der Waals surface area contributed by atoms with Gasteiger partial charge in [-0.1, -0.05) is 12.1 Å². The van der Waals surface area contributed by atoms with Gasteiger partial charge >= 0.3 is 0 Å². The number of nitrogens with zero attached hydrogens (tertiary/aromatic N) is 4. The fourth-order valence-corrected chi connectivity index (χ4v) is 2.90. The molecule has 0 saturated carbocycles. The summed E-state index contributed by atoms with van der Waals surface area (Å²) in [7, 11) is 1.95. The molecule has 7 nitrogen and oxygen atoms in total. The van der Waals surface area contributed by atoms with Crippen molar-refractivity contribution in [3.8, 4) is 11.4 Å². The van der Waals surface area contributed by atoms with Gasteiger partial charge in [0.1, 0.15) is 6.33 Å². The summed E-state index contributed by atoms with van der Waals surface area (Å²) in [4.78, 5) is 16.5. The second kappa shape index (κ2) is 7.29. The van der Waals surface area contributed by atoms with Crippen molar-refractivity contribution in [2.24, 2.45) is 7.05 Å². The molecule has 1 aromatic carbocycles. The van der Waals surface area contributed by atoms with Crippen LogP contribution >= 0.6 is 0 Å². The quantitative estimate of drug-likeness (QED) is 0.674. The number of H-pyrrole nitrogens is 1. The minimum Gasteiger partial charge on any atom is -0.352 e. The van der Waals surface area contributed by atoms with Crippen LogP contribution in [0.2, 0.25) is 0 Å². The summed E-state index contributed by atoms with van der Waals surface area (Å²) < 4.78 is 1.90. The van der Waals surface area contributed by atoms with Crippen molar-refractivity contribution < 1.29 is 4.79 Å². The molecule has 3 aromatic rings. The fourth-order valence-electron chi connectivity index (χ4n) is 2.90. The minimum absolute atomic E-state index is 0.0824. The third-order valence-electron chi connectivity index (χ3n) is 4.36. The van der Waals surface area contributed by atoms with E-state index in [1.165, 1.54) is 17.6 Å². The van der Waals surface area contributed by atoms with E-state index >= 15 is 0 Å². The van der Waals surface area contributed by atoms with Gasteiger partial charge in [-0.25, -0.2) is 4.98 Å². The summed E-state index contributed by atoms with van der Waals surface area (Å²) in [5, 5.41) is 14.0. The van der Waals surface area contributed by atoms with Gasteiger partial charge in [0.25, 0.3) is 5.91 Å². The fraction of sp³-hybridized carbons (Fsp3) is 0.333. The van der Waals surface area contributed by atoms with E-state index in [9.17, 15) is 4.79 Å². The van der Waals surface area contributed by atoms with Crippen LogP contribution in [0.1, 0.15) is 33.7 Å². The molecule has 2 heterocycles. The Morgan fingerprint density at radius 1 is 1.32 bits per heavy atom. The van der Waals surface area contributed by atoms with E-state index in [-0.39, 0.29) is 5.91 Å². The molecule has 0 atom stereocenters. The van der Waals surface area contributed by atoms with E-state index in [1.54, 1.807) is 6.07 Å². The third kappa shape index (κ3) is 3.76. The molecule has 0 spiro atoms. The molecule has 0 unspecified atom stereocenters. The second-order valence-corrected chi connectivity index (χ2v) is 6.05. The number of aromatic nitrogens is 5. The predicted molar refractivity (Wildman–Crippen MR) is 95.2 cm³/mol. The Labute approximate surface area is 146 Å². The van der Waals surface area contributed by atoms with Gasteiger partial charge in [-0.15, -0.1) is 0 Å². The third-order valence-corrected chi connectivity index (χ3v) is 4.36. The molecule has 0 aliphatic rings. The zero-order valence-electron chi connectivity index (χ0n) is 14.7. The SMILES string of the molecule is Cc1nn(C)c(C)c1CCCNC(=O)c1cccc(-c2ncn[nH]2)c1. The number of carbonyl (C=O) groups excluding carboxylic acids is 1. The monoisotopic (exact) mass is 338 g/mol. The van der Waals surface area contributed by atoms with E-state index in [0.29, 0.717) is 17.9 Å². The lowest BCUT2D eigenvalue weighted by Crippen LogP contribution is -2.24. The highest BCUT2D eigenvalue weighted by Crippen LogP contribution is 2.16. The number of aryl methyl sites for hydroxylation is 2. The molecule has 0 aliphatic heterocycles. The van der Waals surface area contributed by atoms with Crippen molar-refractivity contribution in [1.29, 1.82) is 0 Å². The molecule has 0 saturated heterocycles. The van der Waals surface area contributed by atoms with E-state index in [1.807, 2.05) is 36.9 Å². The highest BCUT2D eigenvalue weighted by molar-refractivity contribution is 5.95. The van der Waals surface area contributed by atoms with Gasteiger partial charge in [-0.2, -0.15) is 10.2 Å². The first-order chi connectivity index (χ1) is 12.1. The van der Waals surface area contributed by atoms with Crippen molar-refractivity contribution in [2.75, 3.05) is 6.54 Å². The number of nitrogens with one attached hydrogen (secondary N) is 2. The smallest absolute Gasteiger partial charge is 0.251 e. The molecule has 0 bridgehead atoms. The molecular formula is C18H22N6O. The molecule has 0 aliphatic carbocycles. The molecule has 2 N–H and O–H groups in total. The maximum atomic E-state index is 12.3. The number of amides is 1. The lowest BCUT2D eigenvalue weighted by atomic mass is 10.1. The summed E-state index contributed by atoms with van der Waals surface area (Å²) >= 11 is 0. The van der Waals surface area contributed by atoms with Gasteiger partial charge in [0.05, 0.1) is 5.69 Å². The van der Waals surface area contributed by atoms with Gasteiger partial charge in [0.2, 0.25) is 0 Å². The Morgan fingerprint density at radius 2 is 2.16 bits per heavy atom. The molecule has 3 rings (SSSR count). The molecule has 130 valence electrons. The normalized spacial score (nSPS) is 10.8. The van der Waals surface area contributed by atoms with Crippen molar-refractivity contribution in [2.45, 2.75) is 26.7 Å². The van der Waals surface area contributed by atoms with Crippen LogP contribution in [-0.4, -0.2) is 37.4 Å². The number of aromatic amines is 1. The van der Waals surface area contributed by atoms with Crippen LogP contribution < -0.4 is 5.32 Å². The van der Waals surface area contributed by atoms with Crippen LogP contribution in [0, 0.1) is 13.8 Å². The van der Waals surface area contributed by atoms with Crippen molar-refractivity contribution in [3.05, 3.63) is 53.1 Å². The van der Waals surface area contributed by atoms with Crippen LogP contribution in [0.25, 0.3) is 11.4 Å². The molecule has 7 heteroatoms. The maximum Gasteiger partial charge on any atom is 0.251 e. The summed E-state index contributed by atoms with van der Waals surface area (Å²) in [6.45, 7) is 4.72. The molecule has 0 radical (unpaired) electrons. The average Bonchev–Trinajstić information content (AvgIpc) is 3.22. The van der Waals surface area contributed by atoms with Crippen LogP contribution in [0.3, 0.4) is 0 Å². The Bertz CT molecular complexity index is 866. The van der Waals surface area contributed by atoms with Gasteiger partial charge in [-0.05, 0) is 44.4 Å². The van der Waals surface area contributed by atoms with Gasteiger partial charge in [0.15, 0.2) is 5.82 Å². The van der Waals surface area contributed by atoms with E-state index in [0.717, 1.165) is 24.1 Å². The highest BCUT2D eigenvalue weighted by atomic mass is 16.1. The lowest BCUT2D eigenvalue weighted by Gasteiger charge is -2.07. The van der Waals surface area contributed by atoms with Crippen LogP contribution in [0.15, 0.2) is 30.6 Å². The topological polar surface area (TPSA) is 88.5 Å². The van der Waals surface area contributed by atoms with Crippen LogP contribution in [0.4, 0.5) is 0 Å². The first-order valence-electron chi connectivity index (χ1n) is 8.29. The molecule has 25 heavy (non-hydrogen) atoms.